The average molecular weight is 364 g/mol. The summed E-state index contributed by atoms with van der Waals surface area (Å²) in [5.74, 6) is 1.70. The van der Waals surface area contributed by atoms with E-state index < -0.39 is 0 Å². The van der Waals surface area contributed by atoms with Gasteiger partial charge in [0.2, 0.25) is 0 Å². The first-order valence-electron chi connectivity index (χ1n) is 9.41. The van der Waals surface area contributed by atoms with Crippen LogP contribution in [-0.4, -0.2) is 63.4 Å². The lowest BCUT2D eigenvalue weighted by molar-refractivity contribution is 0.0321. The number of carbonyl (C=O) groups excluding carboxylic acids is 1. The lowest BCUT2D eigenvalue weighted by atomic mass is 10.0. The van der Waals surface area contributed by atoms with Gasteiger partial charge in [-0.1, -0.05) is 13.8 Å². The Labute approximate surface area is 156 Å². The molecule has 0 spiro atoms. The van der Waals surface area contributed by atoms with Gasteiger partial charge >= 0.3 is 0 Å². The van der Waals surface area contributed by atoms with Crippen LogP contribution in [0.5, 0.6) is 11.5 Å². The van der Waals surface area contributed by atoms with E-state index in [1.807, 2.05) is 6.92 Å². The van der Waals surface area contributed by atoms with Crippen LogP contribution < -0.4 is 14.8 Å². The maximum absolute atomic E-state index is 12.5. The molecule has 1 fully saturated rings. The van der Waals surface area contributed by atoms with Crippen molar-refractivity contribution in [3.05, 3.63) is 23.8 Å². The van der Waals surface area contributed by atoms with Crippen molar-refractivity contribution in [2.75, 3.05) is 46.6 Å². The van der Waals surface area contributed by atoms with Crippen LogP contribution in [0.25, 0.3) is 0 Å². The Morgan fingerprint density at radius 2 is 1.96 bits per heavy atom. The molecule has 0 saturated carbocycles. The molecular formula is C20H32N2O4. The number of ether oxygens (including phenoxy) is 3. The second-order valence-electron chi connectivity index (χ2n) is 7.17. The van der Waals surface area contributed by atoms with Crippen molar-refractivity contribution in [1.29, 1.82) is 0 Å². The fourth-order valence-electron chi connectivity index (χ4n) is 3.11. The first-order valence-corrected chi connectivity index (χ1v) is 9.41. The minimum atomic E-state index is -0.0844. The summed E-state index contributed by atoms with van der Waals surface area (Å²) in [6.45, 7) is 11.1. The quantitative estimate of drug-likeness (QED) is 0.730. The van der Waals surface area contributed by atoms with Crippen LogP contribution in [0, 0.1) is 5.92 Å². The second-order valence-corrected chi connectivity index (χ2v) is 7.17. The lowest BCUT2D eigenvalue weighted by Gasteiger charge is -2.26. The molecule has 0 aromatic heterocycles. The zero-order chi connectivity index (χ0) is 18.9. The topological polar surface area (TPSA) is 60.0 Å². The molecule has 146 valence electrons. The molecule has 1 aromatic carbocycles. The summed E-state index contributed by atoms with van der Waals surface area (Å²) in [4.78, 5) is 14.8. The van der Waals surface area contributed by atoms with Gasteiger partial charge in [0.25, 0.3) is 5.91 Å². The molecule has 2 rings (SSSR count). The second kappa shape index (κ2) is 10.4. The van der Waals surface area contributed by atoms with Gasteiger partial charge in [0, 0.05) is 31.2 Å². The molecule has 0 aliphatic carbocycles. The predicted octanol–water partition coefficient (Wildman–Crippen LogP) is 2.57. The Kier molecular flexibility index (Phi) is 8.19. The predicted molar refractivity (Wildman–Crippen MR) is 102 cm³/mol. The molecule has 1 saturated heterocycles. The first kappa shape index (κ1) is 20.5. The van der Waals surface area contributed by atoms with Gasteiger partial charge < -0.3 is 19.5 Å². The molecular weight excluding hydrogens is 332 g/mol. The third-order valence-electron chi connectivity index (χ3n) is 4.40. The number of rotatable bonds is 9. The van der Waals surface area contributed by atoms with E-state index in [4.69, 9.17) is 14.2 Å². The molecule has 0 bridgehead atoms. The fraction of sp³-hybridized carbons (Fsp3) is 0.650. The molecule has 1 aliphatic heterocycles. The summed E-state index contributed by atoms with van der Waals surface area (Å²) in [7, 11) is 1.61. The molecule has 6 heteroatoms. The van der Waals surface area contributed by atoms with Gasteiger partial charge in [0.1, 0.15) is 6.61 Å². The van der Waals surface area contributed by atoms with E-state index in [0.29, 0.717) is 29.6 Å². The van der Waals surface area contributed by atoms with Crippen molar-refractivity contribution in [1.82, 2.24) is 10.2 Å². The molecule has 6 nitrogen and oxygen atoms in total. The van der Waals surface area contributed by atoms with Crippen LogP contribution in [0.1, 0.15) is 37.6 Å². The molecule has 0 radical (unpaired) electrons. The number of nitrogens with one attached hydrogen (secondary N) is 1. The highest BCUT2D eigenvalue weighted by Crippen LogP contribution is 2.28. The third kappa shape index (κ3) is 6.50. The Morgan fingerprint density at radius 1 is 1.23 bits per heavy atom. The van der Waals surface area contributed by atoms with E-state index in [2.05, 4.69) is 24.1 Å². The van der Waals surface area contributed by atoms with Crippen LogP contribution in [0.2, 0.25) is 0 Å². The highest BCUT2D eigenvalue weighted by molar-refractivity contribution is 5.95. The van der Waals surface area contributed by atoms with E-state index in [9.17, 15) is 4.79 Å². The van der Waals surface area contributed by atoms with Crippen molar-refractivity contribution in [3.8, 4) is 11.5 Å². The van der Waals surface area contributed by atoms with Gasteiger partial charge in [-0.25, -0.2) is 0 Å². The number of benzene rings is 1. The van der Waals surface area contributed by atoms with Crippen LogP contribution in [-0.2, 0) is 4.74 Å². The number of carbonyl (C=O) groups is 1. The van der Waals surface area contributed by atoms with Gasteiger partial charge in [-0.2, -0.15) is 0 Å². The molecule has 1 amide bonds. The molecule has 26 heavy (non-hydrogen) atoms. The average Bonchev–Trinajstić information content (AvgIpc) is 2.61. The highest BCUT2D eigenvalue weighted by atomic mass is 16.5. The zero-order valence-electron chi connectivity index (χ0n) is 16.4. The molecule has 1 atom stereocenters. The highest BCUT2D eigenvalue weighted by Gasteiger charge is 2.15. The van der Waals surface area contributed by atoms with Gasteiger partial charge in [0.05, 0.1) is 20.3 Å². The van der Waals surface area contributed by atoms with Crippen LogP contribution >= 0.6 is 0 Å². The summed E-state index contributed by atoms with van der Waals surface area (Å²) in [5.41, 5.74) is 0.586. The van der Waals surface area contributed by atoms with Gasteiger partial charge in [-0.15, -0.1) is 0 Å². The van der Waals surface area contributed by atoms with Crippen molar-refractivity contribution in [3.63, 3.8) is 0 Å². The lowest BCUT2D eigenvalue weighted by Crippen LogP contribution is -2.38. The maximum atomic E-state index is 12.5. The Balaban J connectivity index is 1.94. The van der Waals surface area contributed by atoms with E-state index in [1.165, 1.54) is 0 Å². The first-order chi connectivity index (χ1) is 12.5. The van der Waals surface area contributed by atoms with Crippen LogP contribution in [0.3, 0.4) is 0 Å². The number of methoxy groups -OCH3 is 1. The molecule has 1 N–H and O–H groups in total. The summed E-state index contributed by atoms with van der Waals surface area (Å²) in [6.07, 6.45) is 0.949. The Bertz CT molecular complexity index is 571. The van der Waals surface area contributed by atoms with E-state index in [0.717, 1.165) is 39.3 Å². The standard InChI is InChI=1S/C20H32N2O4/c1-15(2)13-16(3)21-20(23)17-5-6-18(24-4)19(14-17)26-12-9-22-7-10-25-11-8-22/h5-6,14-16H,7-13H2,1-4H3,(H,21,23). The number of hydrogen-bond acceptors (Lipinski definition) is 5. The van der Waals surface area contributed by atoms with Crippen LogP contribution in [0.15, 0.2) is 18.2 Å². The minimum absolute atomic E-state index is 0.0844. The van der Waals surface area contributed by atoms with Crippen LogP contribution in [0.4, 0.5) is 0 Å². The minimum Gasteiger partial charge on any atom is -0.493 e. The monoisotopic (exact) mass is 364 g/mol. The van der Waals surface area contributed by atoms with E-state index >= 15 is 0 Å². The number of hydrogen-bond donors (Lipinski definition) is 1. The van der Waals surface area contributed by atoms with Gasteiger partial charge in [-0.05, 0) is 37.5 Å². The Morgan fingerprint density at radius 3 is 2.62 bits per heavy atom. The third-order valence-corrected chi connectivity index (χ3v) is 4.40. The summed E-state index contributed by atoms with van der Waals surface area (Å²) in [5, 5.41) is 3.04. The van der Waals surface area contributed by atoms with Gasteiger partial charge in [-0.3, -0.25) is 9.69 Å². The van der Waals surface area contributed by atoms with Crippen molar-refractivity contribution in [2.45, 2.75) is 33.2 Å². The number of morpholine rings is 1. The largest absolute Gasteiger partial charge is 0.493 e. The maximum Gasteiger partial charge on any atom is 0.251 e. The molecule has 1 aromatic rings. The van der Waals surface area contributed by atoms with Crippen molar-refractivity contribution < 1.29 is 19.0 Å². The van der Waals surface area contributed by atoms with Crippen molar-refractivity contribution in [2.24, 2.45) is 5.92 Å². The summed E-state index contributed by atoms with van der Waals surface area (Å²) < 4.78 is 16.6. The molecule has 1 aliphatic rings. The fourth-order valence-corrected chi connectivity index (χ4v) is 3.11. The Hall–Kier alpha value is -1.79. The SMILES string of the molecule is COc1ccc(C(=O)NC(C)CC(C)C)cc1OCCN1CCOCC1. The van der Waals surface area contributed by atoms with E-state index in [-0.39, 0.29) is 11.9 Å². The van der Waals surface area contributed by atoms with E-state index in [1.54, 1.807) is 25.3 Å². The summed E-state index contributed by atoms with van der Waals surface area (Å²) >= 11 is 0. The molecule has 1 unspecified atom stereocenters. The smallest absolute Gasteiger partial charge is 0.251 e. The van der Waals surface area contributed by atoms with Gasteiger partial charge in [0.15, 0.2) is 11.5 Å². The van der Waals surface area contributed by atoms with Crippen molar-refractivity contribution >= 4 is 5.91 Å². The normalized spacial score (nSPS) is 16.3. The summed E-state index contributed by atoms with van der Waals surface area (Å²) in [6, 6.07) is 5.45. The zero-order valence-corrected chi connectivity index (χ0v) is 16.4. The number of nitrogens with zero attached hydrogens (tertiary/aromatic N) is 1. The number of amides is 1. The molecule has 1 heterocycles.